The predicted molar refractivity (Wildman–Crippen MR) is 99.4 cm³/mol. The summed E-state index contributed by atoms with van der Waals surface area (Å²) in [5.41, 5.74) is -0.575. The Kier molecular flexibility index (Phi) is 6.44. The van der Waals surface area contributed by atoms with Crippen LogP contribution in [-0.4, -0.2) is 30.3 Å². The van der Waals surface area contributed by atoms with Crippen LogP contribution in [0.1, 0.15) is 29.3 Å². The van der Waals surface area contributed by atoms with E-state index in [1.807, 2.05) is 30.3 Å². The minimum absolute atomic E-state index is 0.0259. The normalized spacial score (nSPS) is 13.0. The van der Waals surface area contributed by atoms with Crippen LogP contribution < -0.4 is 5.32 Å². The third-order valence-electron chi connectivity index (χ3n) is 3.88. The molecule has 1 amide bonds. The van der Waals surface area contributed by atoms with Gasteiger partial charge in [0.25, 0.3) is 0 Å². The van der Waals surface area contributed by atoms with Gasteiger partial charge in [0.15, 0.2) is 5.78 Å². The molecule has 0 saturated heterocycles. The Hall–Kier alpha value is -3.21. The summed E-state index contributed by atoms with van der Waals surface area (Å²) in [6.07, 6.45) is 3.45. The molecule has 1 atom stereocenters. The van der Waals surface area contributed by atoms with Gasteiger partial charge in [-0.05, 0) is 5.56 Å². The second-order valence-corrected chi connectivity index (χ2v) is 5.79. The molecule has 5 heteroatoms. The van der Waals surface area contributed by atoms with E-state index < -0.39 is 23.2 Å². The van der Waals surface area contributed by atoms with Crippen LogP contribution in [0.5, 0.6) is 0 Å². The van der Waals surface area contributed by atoms with E-state index in [1.54, 1.807) is 42.5 Å². The van der Waals surface area contributed by atoms with Crippen LogP contribution in [-0.2, 0) is 14.3 Å². The summed E-state index contributed by atoms with van der Waals surface area (Å²) >= 11 is 0. The first-order valence-corrected chi connectivity index (χ1v) is 8.18. The lowest BCUT2D eigenvalue weighted by Gasteiger charge is -2.29. The van der Waals surface area contributed by atoms with Crippen molar-refractivity contribution in [1.82, 2.24) is 5.32 Å². The standard InChI is InChI=1S/C21H21NO4/c1-16(23)22-21(20(25)26-2,19(24)18-13-7-4-8-14-18)15-9-12-17-10-5-3-6-11-17/h3-14H,15H2,1-2H3,(H,22,23)/b12-9+/t21-/m1/s1. The van der Waals surface area contributed by atoms with Crippen LogP contribution in [0.25, 0.3) is 6.08 Å². The molecule has 0 saturated carbocycles. The number of Topliss-reactive ketones (excluding diaryl/α,β-unsaturated/α-hetero) is 1. The molecule has 5 nitrogen and oxygen atoms in total. The summed E-state index contributed by atoms with van der Waals surface area (Å²) < 4.78 is 4.85. The van der Waals surface area contributed by atoms with Gasteiger partial charge in [0.2, 0.25) is 11.4 Å². The molecule has 0 aliphatic rings. The first-order chi connectivity index (χ1) is 12.5. The third-order valence-corrected chi connectivity index (χ3v) is 3.88. The number of ketones is 1. The van der Waals surface area contributed by atoms with Crippen LogP contribution in [0.2, 0.25) is 0 Å². The van der Waals surface area contributed by atoms with E-state index in [2.05, 4.69) is 5.32 Å². The van der Waals surface area contributed by atoms with Gasteiger partial charge in [-0.3, -0.25) is 9.59 Å². The largest absolute Gasteiger partial charge is 0.467 e. The minimum atomic E-state index is -1.81. The van der Waals surface area contributed by atoms with Crippen molar-refractivity contribution in [2.24, 2.45) is 0 Å². The van der Waals surface area contributed by atoms with Crippen molar-refractivity contribution >= 4 is 23.7 Å². The topological polar surface area (TPSA) is 72.5 Å². The fourth-order valence-corrected chi connectivity index (χ4v) is 2.67. The molecule has 2 rings (SSSR count). The lowest BCUT2D eigenvalue weighted by molar-refractivity contribution is -0.148. The van der Waals surface area contributed by atoms with Gasteiger partial charge in [-0.15, -0.1) is 0 Å². The highest BCUT2D eigenvalue weighted by atomic mass is 16.5. The second kappa shape index (κ2) is 8.76. The van der Waals surface area contributed by atoms with Gasteiger partial charge in [-0.1, -0.05) is 72.8 Å². The van der Waals surface area contributed by atoms with Crippen molar-refractivity contribution in [1.29, 1.82) is 0 Å². The van der Waals surface area contributed by atoms with Gasteiger partial charge in [-0.2, -0.15) is 0 Å². The monoisotopic (exact) mass is 351 g/mol. The smallest absolute Gasteiger partial charge is 0.340 e. The molecule has 26 heavy (non-hydrogen) atoms. The molecule has 0 unspecified atom stereocenters. The number of carbonyl (C=O) groups excluding carboxylic acids is 3. The van der Waals surface area contributed by atoms with Gasteiger partial charge in [0, 0.05) is 18.9 Å². The number of benzene rings is 2. The average Bonchev–Trinajstić information content (AvgIpc) is 2.67. The maximum absolute atomic E-state index is 13.1. The molecule has 0 aliphatic heterocycles. The summed E-state index contributed by atoms with van der Waals surface area (Å²) in [5.74, 6) is -1.81. The zero-order chi connectivity index (χ0) is 19.0. The molecular weight excluding hydrogens is 330 g/mol. The molecule has 0 radical (unpaired) electrons. The highest BCUT2D eigenvalue weighted by Gasteiger charge is 2.47. The van der Waals surface area contributed by atoms with Gasteiger partial charge < -0.3 is 10.1 Å². The van der Waals surface area contributed by atoms with E-state index in [4.69, 9.17) is 4.74 Å². The maximum Gasteiger partial charge on any atom is 0.340 e. The molecule has 0 heterocycles. The Bertz CT molecular complexity index is 799. The number of carbonyl (C=O) groups is 3. The van der Waals surface area contributed by atoms with Gasteiger partial charge >= 0.3 is 5.97 Å². The van der Waals surface area contributed by atoms with E-state index in [1.165, 1.54) is 14.0 Å². The number of rotatable bonds is 7. The molecule has 0 fully saturated rings. The van der Waals surface area contributed by atoms with Crippen LogP contribution >= 0.6 is 0 Å². The van der Waals surface area contributed by atoms with E-state index >= 15 is 0 Å². The molecule has 2 aromatic rings. The summed E-state index contributed by atoms with van der Waals surface area (Å²) in [7, 11) is 1.19. The molecule has 0 bridgehead atoms. The number of amides is 1. The highest BCUT2D eigenvalue weighted by molar-refractivity contribution is 6.18. The Morgan fingerprint density at radius 3 is 2.12 bits per heavy atom. The number of hydrogen-bond donors (Lipinski definition) is 1. The van der Waals surface area contributed by atoms with E-state index in [-0.39, 0.29) is 6.42 Å². The molecule has 0 aromatic heterocycles. The van der Waals surface area contributed by atoms with Crippen LogP contribution in [0.3, 0.4) is 0 Å². The summed E-state index contributed by atoms with van der Waals surface area (Å²) in [6.45, 7) is 1.26. The highest BCUT2D eigenvalue weighted by Crippen LogP contribution is 2.22. The van der Waals surface area contributed by atoms with Gasteiger partial charge in [0.1, 0.15) is 0 Å². The SMILES string of the molecule is COC(=O)[C@](C/C=C/c1ccccc1)(NC(C)=O)C(=O)c1ccccc1. The first kappa shape index (κ1) is 19.1. The number of nitrogens with one attached hydrogen (secondary N) is 1. The van der Waals surface area contributed by atoms with Crippen molar-refractivity contribution in [2.75, 3.05) is 7.11 Å². The third kappa shape index (κ3) is 4.45. The van der Waals surface area contributed by atoms with E-state index in [0.29, 0.717) is 5.56 Å². The minimum Gasteiger partial charge on any atom is -0.467 e. The summed E-state index contributed by atoms with van der Waals surface area (Å²) in [4.78, 5) is 37.4. The Balaban J connectivity index is 2.41. The Morgan fingerprint density at radius 1 is 1.00 bits per heavy atom. The van der Waals surface area contributed by atoms with Crippen LogP contribution in [0.15, 0.2) is 66.7 Å². The fourth-order valence-electron chi connectivity index (χ4n) is 2.67. The lowest BCUT2D eigenvalue weighted by atomic mass is 9.85. The molecule has 0 aliphatic carbocycles. The van der Waals surface area contributed by atoms with Crippen molar-refractivity contribution < 1.29 is 19.1 Å². The summed E-state index contributed by atoms with van der Waals surface area (Å²) in [6, 6.07) is 17.8. The lowest BCUT2D eigenvalue weighted by Crippen LogP contribution is -2.60. The Morgan fingerprint density at radius 2 is 1.58 bits per heavy atom. The number of hydrogen-bond acceptors (Lipinski definition) is 4. The zero-order valence-corrected chi connectivity index (χ0v) is 14.8. The second-order valence-electron chi connectivity index (χ2n) is 5.79. The van der Waals surface area contributed by atoms with E-state index in [9.17, 15) is 14.4 Å². The van der Waals surface area contributed by atoms with Gasteiger partial charge in [0.05, 0.1) is 7.11 Å². The van der Waals surface area contributed by atoms with Crippen molar-refractivity contribution in [3.05, 3.63) is 77.9 Å². The molecule has 0 spiro atoms. The number of esters is 1. The Labute approximate surface area is 152 Å². The molecule has 1 N–H and O–H groups in total. The van der Waals surface area contributed by atoms with Crippen LogP contribution in [0, 0.1) is 0 Å². The number of methoxy groups -OCH3 is 1. The molecule has 134 valence electrons. The quantitative estimate of drug-likeness (QED) is 0.473. The molecular formula is C21H21NO4. The predicted octanol–water partition coefficient (Wildman–Crippen LogP) is 3.02. The zero-order valence-electron chi connectivity index (χ0n) is 14.8. The molecule has 2 aromatic carbocycles. The number of ether oxygens (including phenoxy) is 1. The average molecular weight is 351 g/mol. The van der Waals surface area contributed by atoms with Crippen molar-refractivity contribution in [3.8, 4) is 0 Å². The van der Waals surface area contributed by atoms with Crippen molar-refractivity contribution in [2.45, 2.75) is 18.9 Å². The maximum atomic E-state index is 13.1. The fraction of sp³-hybridized carbons (Fsp3) is 0.190. The first-order valence-electron chi connectivity index (χ1n) is 8.18. The van der Waals surface area contributed by atoms with E-state index in [0.717, 1.165) is 5.56 Å². The van der Waals surface area contributed by atoms with Gasteiger partial charge in [-0.25, -0.2) is 4.79 Å². The van der Waals surface area contributed by atoms with Crippen LogP contribution in [0.4, 0.5) is 0 Å². The van der Waals surface area contributed by atoms with Crippen molar-refractivity contribution in [3.63, 3.8) is 0 Å². The summed E-state index contributed by atoms with van der Waals surface area (Å²) in [5, 5.41) is 2.51.